The zero-order valence-electron chi connectivity index (χ0n) is 10.7. The normalized spacial score (nSPS) is 22.7. The number of carboxylic acid groups (broad SMARTS) is 1. The minimum absolute atomic E-state index is 0. The molecule has 1 aromatic carbocycles. The zero-order valence-corrected chi connectivity index (χ0v) is 13.8. The Morgan fingerprint density at radius 3 is 2.50 bits per heavy atom. The van der Waals surface area contributed by atoms with Crippen LogP contribution in [0.25, 0.3) is 0 Å². The summed E-state index contributed by atoms with van der Waals surface area (Å²) in [6, 6.07) is 9.53. The predicted molar refractivity (Wildman–Crippen MR) is 59.6 cm³/mol. The monoisotopic (exact) mass is 271 g/mol. The van der Waals surface area contributed by atoms with Gasteiger partial charge in [-0.2, -0.15) is 0 Å². The Kier molecular flexibility index (Phi) is 5.55. The summed E-state index contributed by atoms with van der Waals surface area (Å²) < 4.78 is 0. The first-order valence-corrected chi connectivity index (χ1v) is 5.59. The van der Waals surface area contributed by atoms with Gasteiger partial charge in [-0.25, -0.2) is 0 Å². The Bertz CT molecular complexity index is 449. The smallest absolute Gasteiger partial charge is 0.549 e. The third-order valence-electron chi connectivity index (χ3n) is 3.31. The maximum Gasteiger partial charge on any atom is 1.00 e. The van der Waals surface area contributed by atoms with Crippen molar-refractivity contribution in [2.75, 3.05) is 6.54 Å². The predicted octanol–water partition coefficient (Wildman–Crippen LogP) is -2.82. The molecule has 1 aromatic rings. The van der Waals surface area contributed by atoms with Gasteiger partial charge in [-0.3, -0.25) is 4.79 Å². The van der Waals surface area contributed by atoms with E-state index in [1.807, 2.05) is 30.3 Å². The van der Waals surface area contributed by atoms with Crippen LogP contribution in [0.5, 0.6) is 0 Å². The molecule has 0 radical (unpaired) electrons. The number of carboxylic acids is 1. The minimum atomic E-state index is -1.35. The molecular formula is C13H14KNO3. The SMILES string of the molecule is CC1(C(=O)[O-])CCN(Cc2ccccc2)C1=O.[K+]. The number of benzene rings is 1. The summed E-state index contributed by atoms with van der Waals surface area (Å²) >= 11 is 0. The second-order valence-electron chi connectivity index (χ2n) is 4.58. The number of amides is 1. The fraction of sp³-hybridized carbons (Fsp3) is 0.385. The van der Waals surface area contributed by atoms with E-state index in [1.165, 1.54) is 6.92 Å². The first kappa shape index (κ1) is 15.9. The van der Waals surface area contributed by atoms with Gasteiger partial charge in [0.05, 0.1) is 11.4 Å². The number of hydrogen-bond acceptors (Lipinski definition) is 3. The number of likely N-dealkylation sites (tertiary alicyclic amines) is 1. The van der Waals surface area contributed by atoms with Crippen LogP contribution in [-0.2, 0) is 16.1 Å². The van der Waals surface area contributed by atoms with Crippen LogP contribution in [0.1, 0.15) is 18.9 Å². The van der Waals surface area contributed by atoms with Gasteiger partial charge in [0, 0.05) is 13.1 Å². The van der Waals surface area contributed by atoms with Gasteiger partial charge < -0.3 is 14.8 Å². The van der Waals surface area contributed by atoms with Gasteiger partial charge in [-0.1, -0.05) is 30.3 Å². The van der Waals surface area contributed by atoms with Gasteiger partial charge in [-0.15, -0.1) is 0 Å². The molecule has 1 fully saturated rings. The van der Waals surface area contributed by atoms with Crippen LogP contribution in [0.4, 0.5) is 0 Å². The molecular weight excluding hydrogens is 257 g/mol. The molecule has 1 unspecified atom stereocenters. The van der Waals surface area contributed by atoms with Crippen molar-refractivity contribution in [2.45, 2.75) is 19.9 Å². The second-order valence-corrected chi connectivity index (χ2v) is 4.58. The second kappa shape index (κ2) is 6.30. The molecule has 1 saturated heterocycles. The van der Waals surface area contributed by atoms with Gasteiger partial charge in [-0.05, 0) is 18.9 Å². The van der Waals surface area contributed by atoms with Crippen molar-refractivity contribution < 1.29 is 66.1 Å². The van der Waals surface area contributed by atoms with Crippen LogP contribution < -0.4 is 56.5 Å². The summed E-state index contributed by atoms with van der Waals surface area (Å²) in [6.45, 7) is 2.37. The topological polar surface area (TPSA) is 60.4 Å². The van der Waals surface area contributed by atoms with E-state index in [2.05, 4.69) is 0 Å². The maximum atomic E-state index is 12.0. The average Bonchev–Trinajstić information content (AvgIpc) is 2.60. The fourth-order valence-corrected chi connectivity index (χ4v) is 2.06. The van der Waals surface area contributed by atoms with E-state index in [1.54, 1.807) is 4.90 Å². The molecule has 18 heavy (non-hydrogen) atoms. The van der Waals surface area contributed by atoms with Crippen molar-refractivity contribution in [3.05, 3.63) is 35.9 Å². The fourth-order valence-electron chi connectivity index (χ4n) is 2.06. The number of carbonyl (C=O) groups excluding carboxylic acids is 2. The molecule has 0 bridgehead atoms. The summed E-state index contributed by atoms with van der Waals surface area (Å²) in [5.41, 5.74) is -0.349. The summed E-state index contributed by atoms with van der Waals surface area (Å²) in [6.07, 6.45) is 0.320. The van der Waals surface area contributed by atoms with Gasteiger partial charge in [0.25, 0.3) is 0 Å². The van der Waals surface area contributed by atoms with Crippen molar-refractivity contribution >= 4 is 11.9 Å². The van der Waals surface area contributed by atoms with E-state index in [-0.39, 0.29) is 57.3 Å². The molecule has 1 amide bonds. The van der Waals surface area contributed by atoms with E-state index in [9.17, 15) is 14.7 Å². The molecule has 1 atom stereocenters. The molecule has 1 heterocycles. The van der Waals surface area contributed by atoms with Crippen molar-refractivity contribution in [1.82, 2.24) is 4.90 Å². The summed E-state index contributed by atoms with van der Waals surface area (Å²) in [7, 11) is 0. The molecule has 0 aliphatic carbocycles. The number of nitrogens with zero attached hydrogens (tertiary/aromatic N) is 1. The van der Waals surface area contributed by atoms with Crippen molar-refractivity contribution in [2.24, 2.45) is 5.41 Å². The number of rotatable bonds is 3. The Labute approximate surface area is 149 Å². The molecule has 0 spiro atoms. The van der Waals surface area contributed by atoms with Crippen molar-refractivity contribution in [3.8, 4) is 0 Å². The Balaban J connectivity index is 0.00000162. The van der Waals surface area contributed by atoms with Crippen LogP contribution in [-0.4, -0.2) is 23.3 Å². The van der Waals surface area contributed by atoms with E-state index < -0.39 is 11.4 Å². The molecule has 1 aliphatic rings. The maximum absolute atomic E-state index is 12.0. The molecule has 1 aliphatic heterocycles. The van der Waals surface area contributed by atoms with Gasteiger partial charge in [0.2, 0.25) is 5.91 Å². The molecule has 2 rings (SSSR count). The van der Waals surface area contributed by atoms with Crippen LogP contribution in [0.3, 0.4) is 0 Å². The summed E-state index contributed by atoms with van der Waals surface area (Å²) in [4.78, 5) is 24.5. The van der Waals surface area contributed by atoms with Crippen LogP contribution in [0.15, 0.2) is 30.3 Å². The van der Waals surface area contributed by atoms with Crippen LogP contribution in [0.2, 0.25) is 0 Å². The van der Waals surface area contributed by atoms with E-state index in [0.29, 0.717) is 19.5 Å². The van der Waals surface area contributed by atoms with E-state index in [0.717, 1.165) is 5.56 Å². The first-order chi connectivity index (χ1) is 8.04. The molecule has 0 saturated carbocycles. The quantitative estimate of drug-likeness (QED) is 0.440. The molecule has 0 N–H and O–H groups in total. The van der Waals surface area contributed by atoms with Crippen molar-refractivity contribution in [1.29, 1.82) is 0 Å². The third-order valence-corrected chi connectivity index (χ3v) is 3.31. The molecule has 0 aromatic heterocycles. The Morgan fingerprint density at radius 2 is 2.00 bits per heavy atom. The zero-order chi connectivity index (χ0) is 12.5. The van der Waals surface area contributed by atoms with Gasteiger partial charge in [0.15, 0.2) is 0 Å². The van der Waals surface area contributed by atoms with Crippen LogP contribution in [0, 0.1) is 5.41 Å². The van der Waals surface area contributed by atoms with E-state index >= 15 is 0 Å². The van der Waals surface area contributed by atoms with Gasteiger partial charge in [0.1, 0.15) is 0 Å². The summed E-state index contributed by atoms with van der Waals surface area (Å²) in [5, 5.41) is 11.0. The van der Waals surface area contributed by atoms with Gasteiger partial charge >= 0.3 is 51.4 Å². The Morgan fingerprint density at radius 1 is 1.39 bits per heavy atom. The standard InChI is InChI=1S/C13H15NO3.K/c1-13(12(16)17)7-8-14(11(13)15)9-10-5-3-2-4-6-10;/h2-6H,7-9H2,1H3,(H,16,17);/q;+1/p-1. The largest absolute Gasteiger partial charge is 1.00 e. The van der Waals surface area contributed by atoms with E-state index in [4.69, 9.17) is 0 Å². The number of hydrogen-bond donors (Lipinski definition) is 0. The average molecular weight is 271 g/mol. The first-order valence-electron chi connectivity index (χ1n) is 5.59. The van der Waals surface area contributed by atoms with Crippen LogP contribution >= 0.6 is 0 Å². The number of carbonyl (C=O) groups is 2. The molecule has 5 heteroatoms. The van der Waals surface area contributed by atoms with Crippen molar-refractivity contribution in [3.63, 3.8) is 0 Å². The molecule has 4 nitrogen and oxygen atoms in total. The molecule has 90 valence electrons. The third kappa shape index (κ3) is 3.03. The summed E-state index contributed by atoms with van der Waals surface area (Å²) in [5.74, 6) is -1.63. The number of aliphatic carboxylic acids is 1. The minimum Gasteiger partial charge on any atom is -0.549 e. The Hall–Kier alpha value is -0.204.